The molecule has 7 heteroatoms. The lowest BCUT2D eigenvalue weighted by Gasteiger charge is -2.21. The Kier molecular flexibility index (Phi) is 7.48. The van der Waals surface area contributed by atoms with Gasteiger partial charge in [0.2, 0.25) is 0 Å². The second-order valence-corrected chi connectivity index (χ2v) is 4.72. The average molecular weight is 334 g/mol. The molecule has 0 aromatic heterocycles. The summed E-state index contributed by atoms with van der Waals surface area (Å²) in [5, 5.41) is 2.79. The number of esters is 2. The number of nitrogens with zero attached hydrogens (tertiary/aromatic N) is 1. The van der Waals surface area contributed by atoms with Crippen LogP contribution in [0.15, 0.2) is 36.0 Å². The first-order chi connectivity index (χ1) is 11.5. The smallest absolute Gasteiger partial charge is 0.354 e. The summed E-state index contributed by atoms with van der Waals surface area (Å²) in [5.41, 5.74) is 0.667. The lowest BCUT2D eigenvalue weighted by molar-refractivity contribution is -0.138. The van der Waals surface area contributed by atoms with Gasteiger partial charge in [0.25, 0.3) is 5.91 Å². The van der Waals surface area contributed by atoms with Crippen molar-refractivity contribution < 1.29 is 23.9 Å². The van der Waals surface area contributed by atoms with E-state index < -0.39 is 11.9 Å². The molecule has 0 saturated heterocycles. The molecule has 1 aromatic carbocycles. The lowest BCUT2D eigenvalue weighted by Crippen LogP contribution is -2.31. The van der Waals surface area contributed by atoms with Gasteiger partial charge in [-0.3, -0.25) is 4.79 Å². The Morgan fingerprint density at radius 1 is 1.08 bits per heavy atom. The van der Waals surface area contributed by atoms with E-state index in [1.807, 2.05) is 13.8 Å². The van der Waals surface area contributed by atoms with Crippen LogP contribution < -0.4 is 5.32 Å². The lowest BCUT2D eigenvalue weighted by atomic mass is 10.1. The molecular formula is C17H22N2O5. The molecule has 7 nitrogen and oxygen atoms in total. The van der Waals surface area contributed by atoms with Crippen molar-refractivity contribution in [1.29, 1.82) is 0 Å². The molecule has 24 heavy (non-hydrogen) atoms. The van der Waals surface area contributed by atoms with Gasteiger partial charge in [0.15, 0.2) is 0 Å². The summed E-state index contributed by atoms with van der Waals surface area (Å²) in [7, 11) is 2.40. The van der Waals surface area contributed by atoms with Crippen molar-refractivity contribution in [3.8, 4) is 0 Å². The molecule has 0 aliphatic rings. The Labute approximate surface area is 141 Å². The number of carbonyl (C=O) groups excluding carboxylic acids is 3. The third-order valence-electron chi connectivity index (χ3n) is 3.35. The molecular weight excluding hydrogens is 312 g/mol. The molecule has 0 unspecified atom stereocenters. The minimum atomic E-state index is -0.745. The van der Waals surface area contributed by atoms with Gasteiger partial charge in [-0.2, -0.15) is 0 Å². The van der Waals surface area contributed by atoms with E-state index >= 15 is 0 Å². The first kappa shape index (κ1) is 19.2. The highest BCUT2D eigenvalue weighted by Gasteiger charge is 2.19. The van der Waals surface area contributed by atoms with Crippen LogP contribution in [-0.4, -0.2) is 50.1 Å². The highest BCUT2D eigenvalue weighted by molar-refractivity contribution is 6.03. The zero-order chi connectivity index (χ0) is 18.1. The van der Waals surface area contributed by atoms with Crippen molar-refractivity contribution in [2.75, 3.05) is 32.6 Å². The summed E-state index contributed by atoms with van der Waals surface area (Å²) in [5.74, 6) is -1.63. The van der Waals surface area contributed by atoms with Crippen molar-refractivity contribution in [3.05, 3.63) is 41.6 Å². The second kappa shape index (κ2) is 9.34. The van der Waals surface area contributed by atoms with Crippen LogP contribution in [0.2, 0.25) is 0 Å². The fraction of sp³-hybridized carbons (Fsp3) is 0.353. The number of ether oxygens (including phenoxy) is 2. The maximum absolute atomic E-state index is 12.6. The average Bonchev–Trinajstić information content (AvgIpc) is 2.61. The molecule has 0 saturated carbocycles. The van der Waals surface area contributed by atoms with E-state index in [1.54, 1.807) is 29.2 Å². The van der Waals surface area contributed by atoms with Crippen molar-refractivity contribution >= 4 is 23.5 Å². The SMILES string of the molecule is CCN(CC)C(=O)c1ccccc1N/C(=C/C(=O)OC)C(=O)OC. The number of anilines is 1. The van der Waals surface area contributed by atoms with E-state index in [-0.39, 0.29) is 11.6 Å². The standard InChI is InChI=1S/C17H22N2O5/c1-5-19(6-2)16(21)12-9-7-8-10-13(12)18-14(17(22)24-4)11-15(20)23-3/h7-11,18H,5-6H2,1-4H3/b14-11+. The molecule has 1 aromatic rings. The molecule has 0 aliphatic carbocycles. The van der Waals surface area contributed by atoms with Gasteiger partial charge in [0.1, 0.15) is 5.70 Å². The molecule has 0 spiro atoms. The van der Waals surface area contributed by atoms with Crippen LogP contribution in [0.3, 0.4) is 0 Å². The number of hydrogen-bond donors (Lipinski definition) is 1. The number of nitrogens with one attached hydrogen (secondary N) is 1. The molecule has 0 bridgehead atoms. The van der Waals surface area contributed by atoms with Gasteiger partial charge >= 0.3 is 11.9 Å². The minimum Gasteiger partial charge on any atom is -0.466 e. The molecule has 0 heterocycles. The maximum Gasteiger partial charge on any atom is 0.354 e. The van der Waals surface area contributed by atoms with Crippen molar-refractivity contribution in [3.63, 3.8) is 0 Å². The topological polar surface area (TPSA) is 84.9 Å². The van der Waals surface area contributed by atoms with Crippen molar-refractivity contribution in [2.24, 2.45) is 0 Å². The largest absolute Gasteiger partial charge is 0.466 e. The number of rotatable bonds is 7. The van der Waals surface area contributed by atoms with Gasteiger partial charge in [-0.1, -0.05) is 12.1 Å². The highest BCUT2D eigenvalue weighted by Crippen LogP contribution is 2.19. The van der Waals surface area contributed by atoms with Gasteiger partial charge in [-0.15, -0.1) is 0 Å². The van der Waals surface area contributed by atoms with Crippen LogP contribution in [0.4, 0.5) is 5.69 Å². The number of carbonyl (C=O) groups is 3. The van der Waals surface area contributed by atoms with Crippen LogP contribution in [0, 0.1) is 0 Å². The van der Waals surface area contributed by atoms with E-state index in [9.17, 15) is 14.4 Å². The molecule has 130 valence electrons. The molecule has 0 atom stereocenters. The van der Waals surface area contributed by atoms with Crippen molar-refractivity contribution in [2.45, 2.75) is 13.8 Å². The van der Waals surface area contributed by atoms with E-state index in [4.69, 9.17) is 0 Å². The van der Waals surface area contributed by atoms with Crippen LogP contribution in [0.5, 0.6) is 0 Å². The van der Waals surface area contributed by atoms with Crippen molar-refractivity contribution in [1.82, 2.24) is 4.90 Å². The Morgan fingerprint density at radius 3 is 2.25 bits per heavy atom. The van der Waals surface area contributed by atoms with Gasteiger partial charge in [-0.25, -0.2) is 9.59 Å². The third kappa shape index (κ3) is 4.84. The Balaban J connectivity index is 3.22. The summed E-state index contributed by atoms with van der Waals surface area (Å²) in [6.07, 6.45) is 0.977. The normalized spacial score (nSPS) is 10.8. The van der Waals surface area contributed by atoms with Crippen LogP contribution in [-0.2, 0) is 19.1 Å². The van der Waals surface area contributed by atoms with Gasteiger partial charge in [-0.05, 0) is 26.0 Å². The fourth-order valence-electron chi connectivity index (χ4n) is 2.04. The number of hydrogen-bond acceptors (Lipinski definition) is 6. The van der Waals surface area contributed by atoms with Gasteiger partial charge in [0, 0.05) is 13.1 Å². The first-order valence-electron chi connectivity index (χ1n) is 7.51. The zero-order valence-electron chi connectivity index (χ0n) is 14.3. The molecule has 0 fully saturated rings. The van der Waals surface area contributed by atoms with E-state index in [0.29, 0.717) is 24.3 Å². The van der Waals surface area contributed by atoms with Crippen LogP contribution in [0.25, 0.3) is 0 Å². The fourth-order valence-corrected chi connectivity index (χ4v) is 2.04. The molecule has 1 N–H and O–H groups in total. The molecule has 0 radical (unpaired) electrons. The van der Waals surface area contributed by atoms with Gasteiger partial charge in [0.05, 0.1) is 31.5 Å². The molecule has 1 amide bonds. The van der Waals surface area contributed by atoms with Crippen LogP contribution in [0.1, 0.15) is 24.2 Å². The Bertz CT molecular complexity index is 636. The number of amides is 1. The summed E-state index contributed by atoms with van der Waals surface area (Å²) >= 11 is 0. The van der Waals surface area contributed by atoms with Crippen LogP contribution >= 0.6 is 0 Å². The maximum atomic E-state index is 12.6. The molecule has 0 aliphatic heterocycles. The number of benzene rings is 1. The molecule has 1 rings (SSSR count). The quantitative estimate of drug-likeness (QED) is 0.605. The van der Waals surface area contributed by atoms with E-state index in [2.05, 4.69) is 14.8 Å². The summed E-state index contributed by atoms with van der Waals surface area (Å²) in [4.78, 5) is 37.5. The zero-order valence-corrected chi connectivity index (χ0v) is 14.3. The number of methoxy groups -OCH3 is 2. The Morgan fingerprint density at radius 2 is 1.71 bits per heavy atom. The van der Waals surface area contributed by atoms with E-state index in [1.165, 1.54) is 14.2 Å². The Hall–Kier alpha value is -2.83. The summed E-state index contributed by atoms with van der Waals surface area (Å²) in [6, 6.07) is 6.74. The second-order valence-electron chi connectivity index (χ2n) is 4.72. The van der Waals surface area contributed by atoms with Gasteiger partial charge < -0.3 is 19.7 Å². The monoisotopic (exact) mass is 334 g/mol. The third-order valence-corrected chi connectivity index (χ3v) is 3.35. The summed E-state index contributed by atoms with van der Waals surface area (Å²) < 4.78 is 9.17. The minimum absolute atomic E-state index is 0.121. The highest BCUT2D eigenvalue weighted by atomic mass is 16.5. The predicted molar refractivity (Wildman–Crippen MR) is 89.4 cm³/mol. The summed E-state index contributed by atoms with van der Waals surface area (Å²) in [6.45, 7) is 4.89. The predicted octanol–water partition coefficient (Wildman–Crippen LogP) is 1.81. The first-order valence-corrected chi connectivity index (χ1v) is 7.51. The number of para-hydroxylation sites is 1. The van der Waals surface area contributed by atoms with E-state index in [0.717, 1.165) is 6.08 Å².